The van der Waals surface area contributed by atoms with E-state index in [1.54, 1.807) is 14.0 Å². The van der Waals surface area contributed by atoms with Crippen molar-refractivity contribution in [2.24, 2.45) is 5.73 Å². The van der Waals surface area contributed by atoms with Gasteiger partial charge in [0.1, 0.15) is 5.75 Å². The minimum absolute atomic E-state index is 0.143. The summed E-state index contributed by atoms with van der Waals surface area (Å²) in [5.41, 5.74) is 8.02. The average Bonchev–Trinajstić information content (AvgIpc) is 2.46. The SMILES string of the molecule is COc1ccc(CN)c(N2CCN(C(C)=O)CC2)c1. The first-order valence-corrected chi connectivity index (χ1v) is 6.53. The van der Waals surface area contributed by atoms with E-state index < -0.39 is 0 Å². The molecule has 2 N–H and O–H groups in total. The molecule has 0 bridgehead atoms. The van der Waals surface area contributed by atoms with Crippen molar-refractivity contribution in [3.63, 3.8) is 0 Å². The van der Waals surface area contributed by atoms with Crippen LogP contribution >= 0.6 is 0 Å². The van der Waals surface area contributed by atoms with Gasteiger partial charge in [0.15, 0.2) is 0 Å². The average molecular weight is 263 g/mol. The maximum Gasteiger partial charge on any atom is 0.219 e. The van der Waals surface area contributed by atoms with E-state index in [0.717, 1.165) is 43.2 Å². The number of benzene rings is 1. The predicted octanol–water partition coefficient (Wildman–Crippen LogP) is 0.822. The molecule has 1 heterocycles. The number of carbonyl (C=O) groups is 1. The molecule has 1 aromatic rings. The second-order valence-corrected chi connectivity index (χ2v) is 4.69. The topological polar surface area (TPSA) is 58.8 Å². The minimum atomic E-state index is 0.143. The van der Waals surface area contributed by atoms with Gasteiger partial charge >= 0.3 is 0 Å². The van der Waals surface area contributed by atoms with Crippen LogP contribution in [-0.2, 0) is 11.3 Å². The molecule has 1 aliphatic rings. The normalized spacial score (nSPS) is 15.5. The van der Waals surface area contributed by atoms with E-state index in [9.17, 15) is 4.79 Å². The van der Waals surface area contributed by atoms with Crippen LogP contribution in [0.5, 0.6) is 5.75 Å². The van der Waals surface area contributed by atoms with Crippen molar-refractivity contribution in [2.75, 3.05) is 38.2 Å². The second-order valence-electron chi connectivity index (χ2n) is 4.69. The van der Waals surface area contributed by atoms with Crippen molar-refractivity contribution >= 4 is 11.6 Å². The zero-order valence-corrected chi connectivity index (χ0v) is 11.6. The van der Waals surface area contributed by atoms with Gasteiger partial charge in [0.2, 0.25) is 5.91 Å². The lowest BCUT2D eigenvalue weighted by atomic mass is 10.1. The Morgan fingerprint density at radius 1 is 1.32 bits per heavy atom. The maximum atomic E-state index is 11.3. The summed E-state index contributed by atoms with van der Waals surface area (Å²) >= 11 is 0. The molecule has 1 saturated heterocycles. The summed E-state index contributed by atoms with van der Waals surface area (Å²) in [6.45, 7) is 5.31. The van der Waals surface area contributed by atoms with E-state index in [4.69, 9.17) is 10.5 Å². The lowest BCUT2D eigenvalue weighted by Crippen LogP contribution is -2.48. The highest BCUT2D eigenvalue weighted by atomic mass is 16.5. The van der Waals surface area contributed by atoms with Crippen LogP contribution in [0.3, 0.4) is 0 Å². The molecule has 0 aliphatic carbocycles. The molecule has 0 atom stereocenters. The van der Waals surface area contributed by atoms with Gasteiger partial charge in [-0.3, -0.25) is 4.79 Å². The van der Waals surface area contributed by atoms with Gasteiger partial charge in [0.05, 0.1) is 7.11 Å². The summed E-state index contributed by atoms with van der Waals surface area (Å²) in [6, 6.07) is 5.95. The largest absolute Gasteiger partial charge is 0.497 e. The maximum absolute atomic E-state index is 11.3. The number of nitrogens with zero attached hydrogens (tertiary/aromatic N) is 2. The predicted molar refractivity (Wildman–Crippen MR) is 75.4 cm³/mol. The van der Waals surface area contributed by atoms with Gasteiger partial charge in [-0.15, -0.1) is 0 Å². The van der Waals surface area contributed by atoms with Gasteiger partial charge in [-0.05, 0) is 11.6 Å². The molecule has 1 aromatic carbocycles. The fourth-order valence-corrected chi connectivity index (χ4v) is 2.40. The lowest BCUT2D eigenvalue weighted by Gasteiger charge is -2.36. The lowest BCUT2D eigenvalue weighted by molar-refractivity contribution is -0.129. The smallest absolute Gasteiger partial charge is 0.219 e. The summed E-state index contributed by atoms with van der Waals surface area (Å²) in [5.74, 6) is 0.977. The Kier molecular flexibility index (Phi) is 4.27. The van der Waals surface area contributed by atoms with Crippen molar-refractivity contribution in [2.45, 2.75) is 13.5 Å². The number of methoxy groups -OCH3 is 1. The molecule has 1 amide bonds. The van der Waals surface area contributed by atoms with E-state index in [-0.39, 0.29) is 5.91 Å². The van der Waals surface area contributed by atoms with Crippen LogP contribution in [0.4, 0.5) is 5.69 Å². The molecule has 5 heteroatoms. The zero-order valence-electron chi connectivity index (χ0n) is 11.6. The Labute approximate surface area is 113 Å². The van der Waals surface area contributed by atoms with Crippen molar-refractivity contribution in [3.05, 3.63) is 23.8 Å². The molecule has 0 saturated carbocycles. The summed E-state index contributed by atoms with van der Waals surface area (Å²) in [7, 11) is 1.66. The molecule has 5 nitrogen and oxygen atoms in total. The van der Waals surface area contributed by atoms with Crippen LogP contribution in [0.2, 0.25) is 0 Å². The molecule has 104 valence electrons. The van der Waals surface area contributed by atoms with E-state index in [0.29, 0.717) is 6.54 Å². The van der Waals surface area contributed by atoms with Crippen molar-refractivity contribution in [3.8, 4) is 5.75 Å². The Morgan fingerprint density at radius 2 is 2.00 bits per heavy atom. The first-order valence-electron chi connectivity index (χ1n) is 6.53. The highest BCUT2D eigenvalue weighted by molar-refractivity contribution is 5.73. The number of nitrogens with two attached hydrogens (primary N) is 1. The standard InChI is InChI=1S/C14H21N3O2/c1-11(18)16-5-7-17(8-6-16)14-9-13(19-2)4-3-12(14)10-15/h3-4,9H,5-8,10,15H2,1-2H3. The van der Waals surface area contributed by atoms with Crippen molar-refractivity contribution < 1.29 is 9.53 Å². The summed E-state index contributed by atoms with van der Waals surface area (Å²) in [4.78, 5) is 15.5. The Hall–Kier alpha value is -1.75. The van der Waals surface area contributed by atoms with E-state index >= 15 is 0 Å². The summed E-state index contributed by atoms with van der Waals surface area (Å²) < 4.78 is 5.27. The molecule has 2 rings (SSSR count). The van der Waals surface area contributed by atoms with Crippen LogP contribution in [0, 0.1) is 0 Å². The second kappa shape index (κ2) is 5.93. The number of ether oxygens (including phenoxy) is 1. The van der Waals surface area contributed by atoms with E-state index in [1.807, 2.05) is 23.1 Å². The third-order valence-corrected chi connectivity index (χ3v) is 3.58. The number of hydrogen-bond acceptors (Lipinski definition) is 4. The molecular formula is C14H21N3O2. The quantitative estimate of drug-likeness (QED) is 0.877. The van der Waals surface area contributed by atoms with Gasteiger partial charge in [0.25, 0.3) is 0 Å². The molecule has 19 heavy (non-hydrogen) atoms. The van der Waals surface area contributed by atoms with Gasteiger partial charge < -0.3 is 20.3 Å². The van der Waals surface area contributed by atoms with Crippen LogP contribution < -0.4 is 15.4 Å². The molecule has 1 fully saturated rings. The first kappa shape index (κ1) is 13.7. The number of hydrogen-bond donors (Lipinski definition) is 1. The number of amides is 1. The number of piperazine rings is 1. The molecular weight excluding hydrogens is 242 g/mol. The Balaban J connectivity index is 2.16. The Morgan fingerprint density at radius 3 is 2.53 bits per heavy atom. The number of carbonyl (C=O) groups excluding carboxylic acids is 1. The van der Waals surface area contributed by atoms with Crippen LogP contribution in [0.25, 0.3) is 0 Å². The van der Waals surface area contributed by atoms with Gasteiger partial charge in [-0.25, -0.2) is 0 Å². The number of anilines is 1. The minimum Gasteiger partial charge on any atom is -0.497 e. The zero-order chi connectivity index (χ0) is 13.8. The van der Waals surface area contributed by atoms with Crippen molar-refractivity contribution in [1.29, 1.82) is 0 Å². The van der Waals surface area contributed by atoms with Crippen LogP contribution in [0.1, 0.15) is 12.5 Å². The fraction of sp³-hybridized carbons (Fsp3) is 0.500. The van der Waals surface area contributed by atoms with Crippen LogP contribution in [0.15, 0.2) is 18.2 Å². The van der Waals surface area contributed by atoms with Gasteiger partial charge in [-0.2, -0.15) is 0 Å². The monoisotopic (exact) mass is 263 g/mol. The van der Waals surface area contributed by atoms with E-state index in [2.05, 4.69) is 4.90 Å². The highest BCUT2D eigenvalue weighted by Gasteiger charge is 2.20. The summed E-state index contributed by atoms with van der Waals surface area (Å²) in [5, 5.41) is 0. The number of rotatable bonds is 3. The fourth-order valence-electron chi connectivity index (χ4n) is 2.40. The van der Waals surface area contributed by atoms with Crippen LogP contribution in [-0.4, -0.2) is 44.1 Å². The first-order chi connectivity index (χ1) is 9.15. The van der Waals surface area contributed by atoms with Crippen molar-refractivity contribution in [1.82, 2.24) is 4.90 Å². The van der Waals surface area contributed by atoms with Gasteiger partial charge in [-0.1, -0.05) is 6.07 Å². The molecule has 0 aromatic heterocycles. The third-order valence-electron chi connectivity index (χ3n) is 3.58. The third kappa shape index (κ3) is 2.98. The highest BCUT2D eigenvalue weighted by Crippen LogP contribution is 2.26. The summed E-state index contributed by atoms with van der Waals surface area (Å²) in [6.07, 6.45) is 0. The van der Waals surface area contributed by atoms with Gasteiger partial charge in [0, 0.05) is 51.4 Å². The molecule has 0 radical (unpaired) electrons. The molecule has 1 aliphatic heterocycles. The van der Waals surface area contributed by atoms with E-state index in [1.165, 1.54) is 0 Å². The Bertz CT molecular complexity index is 454. The molecule has 0 unspecified atom stereocenters. The molecule has 0 spiro atoms.